The predicted octanol–water partition coefficient (Wildman–Crippen LogP) is 2.23. The third-order valence-corrected chi connectivity index (χ3v) is 3.26. The lowest BCUT2D eigenvalue weighted by molar-refractivity contribution is 0.316. The van der Waals surface area contributed by atoms with E-state index in [1.807, 2.05) is 0 Å². The number of hydrogen-bond donors (Lipinski definition) is 0. The molecule has 0 aliphatic carbocycles. The second-order valence-electron chi connectivity index (χ2n) is 3.94. The number of hydrogen-bond acceptors (Lipinski definition) is 3. The molecule has 104 valence electrons. The minimum absolute atomic E-state index is 0.0429. The summed E-state index contributed by atoms with van der Waals surface area (Å²) in [6.07, 6.45) is 1.52. The lowest BCUT2D eigenvalue weighted by Gasteiger charge is -2.06. The van der Waals surface area contributed by atoms with Gasteiger partial charge in [0.15, 0.2) is 0 Å². The number of sulfone groups is 1. The molecule has 1 rings (SSSR count). The number of ether oxygens (including phenoxy) is 1. The first kappa shape index (κ1) is 15.8. The average Bonchev–Trinajstić information content (AvgIpc) is 2.30. The van der Waals surface area contributed by atoms with Gasteiger partial charge in [-0.3, -0.25) is 0 Å². The van der Waals surface area contributed by atoms with Gasteiger partial charge in [0, 0.05) is 17.9 Å². The van der Waals surface area contributed by atoms with Crippen molar-refractivity contribution in [3.05, 3.63) is 29.6 Å². The van der Waals surface area contributed by atoms with Crippen LogP contribution in [-0.4, -0.2) is 32.9 Å². The average molecular weight is 305 g/mol. The molecule has 0 bridgehead atoms. The molecule has 0 aromatic heterocycles. The van der Waals surface area contributed by atoms with Crippen molar-refractivity contribution >= 4 is 21.4 Å². The first-order valence-corrected chi connectivity index (χ1v) is 8.16. The largest absolute Gasteiger partial charge is 0.493 e. The van der Waals surface area contributed by atoms with Crippen molar-refractivity contribution in [2.75, 3.05) is 24.5 Å². The second kappa shape index (κ2) is 7.37. The SMILES string of the molecule is CS(=O)(=O)CCCOc1cc(F)cc(C#CCCl)c1. The fourth-order valence-electron chi connectivity index (χ4n) is 1.36. The Morgan fingerprint density at radius 2 is 2.11 bits per heavy atom. The molecule has 0 radical (unpaired) electrons. The van der Waals surface area contributed by atoms with Gasteiger partial charge in [-0.1, -0.05) is 11.8 Å². The molecule has 1 aromatic carbocycles. The molecule has 0 fully saturated rings. The molecule has 0 saturated heterocycles. The Morgan fingerprint density at radius 1 is 1.37 bits per heavy atom. The normalized spacial score (nSPS) is 10.7. The molecule has 6 heteroatoms. The quantitative estimate of drug-likeness (QED) is 0.476. The highest BCUT2D eigenvalue weighted by atomic mass is 35.5. The van der Waals surface area contributed by atoms with Crippen LogP contribution in [0.4, 0.5) is 4.39 Å². The summed E-state index contributed by atoms with van der Waals surface area (Å²) in [7, 11) is -3.00. The van der Waals surface area contributed by atoms with Crippen molar-refractivity contribution in [1.29, 1.82) is 0 Å². The van der Waals surface area contributed by atoms with E-state index >= 15 is 0 Å². The third-order valence-electron chi connectivity index (χ3n) is 2.10. The van der Waals surface area contributed by atoms with Crippen LogP contribution in [-0.2, 0) is 9.84 Å². The van der Waals surface area contributed by atoms with Gasteiger partial charge >= 0.3 is 0 Å². The molecular weight excluding hydrogens is 291 g/mol. The summed E-state index contributed by atoms with van der Waals surface area (Å²) in [5, 5.41) is 0. The van der Waals surface area contributed by atoms with Crippen LogP contribution >= 0.6 is 11.6 Å². The van der Waals surface area contributed by atoms with E-state index in [1.165, 1.54) is 12.1 Å². The molecule has 0 unspecified atom stereocenters. The van der Waals surface area contributed by atoms with Crippen LogP contribution in [0.5, 0.6) is 5.75 Å². The van der Waals surface area contributed by atoms with Crippen LogP contribution in [0, 0.1) is 17.7 Å². The Balaban J connectivity index is 2.61. The number of benzene rings is 1. The fraction of sp³-hybridized carbons (Fsp3) is 0.385. The molecule has 0 spiro atoms. The Bertz CT molecular complexity index is 588. The number of rotatable bonds is 5. The molecule has 3 nitrogen and oxygen atoms in total. The minimum atomic E-state index is -3.00. The van der Waals surface area contributed by atoms with Gasteiger partial charge in [0.2, 0.25) is 0 Å². The van der Waals surface area contributed by atoms with Gasteiger partial charge in [-0.15, -0.1) is 11.6 Å². The summed E-state index contributed by atoms with van der Waals surface area (Å²) in [6.45, 7) is 0.207. The summed E-state index contributed by atoms with van der Waals surface area (Å²) in [4.78, 5) is 0. The summed E-state index contributed by atoms with van der Waals surface area (Å²) in [5.74, 6) is 5.39. The van der Waals surface area contributed by atoms with E-state index in [0.717, 1.165) is 6.26 Å². The van der Waals surface area contributed by atoms with Crippen LogP contribution in [0.3, 0.4) is 0 Å². The van der Waals surface area contributed by atoms with Gasteiger partial charge in [0.05, 0.1) is 18.2 Å². The van der Waals surface area contributed by atoms with E-state index in [2.05, 4.69) is 11.8 Å². The van der Waals surface area contributed by atoms with Crippen LogP contribution in [0.2, 0.25) is 0 Å². The van der Waals surface area contributed by atoms with Crippen molar-refractivity contribution in [2.45, 2.75) is 6.42 Å². The third kappa shape index (κ3) is 7.04. The molecule has 0 amide bonds. The summed E-state index contributed by atoms with van der Waals surface area (Å²) in [6, 6.07) is 4.10. The maximum atomic E-state index is 13.3. The Hall–Kier alpha value is -1.25. The van der Waals surface area contributed by atoms with Crippen molar-refractivity contribution in [1.82, 2.24) is 0 Å². The molecule has 0 saturated carbocycles. The lowest BCUT2D eigenvalue weighted by Crippen LogP contribution is -2.08. The van der Waals surface area contributed by atoms with Gasteiger partial charge in [-0.05, 0) is 18.6 Å². The first-order valence-electron chi connectivity index (χ1n) is 5.56. The topological polar surface area (TPSA) is 43.4 Å². The molecule has 1 aromatic rings. The zero-order valence-corrected chi connectivity index (χ0v) is 12.0. The smallest absolute Gasteiger partial charge is 0.147 e. The van der Waals surface area contributed by atoms with E-state index < -0.39 is 15.7 Å². The van der Waals surface area contributed by atoms with Gasteiger partial charge in [0.25, 0.3) is 0 Å². The van der Waals surface area contributed by atoms with Gasteiger partial charge in [-0.2, -0.15) is 0 Å². The summed E-state index contributed by atoms with van der Waals surface area (Å²) in [5.41, 5.74) is 0.471. The maximum Gasteiger partial charge on any atom is 0.147 e. The molecule has 0 N–H and O–H groups in total. The van der Waals surface area contributed by atoms with Crippen LogP contribution in [0.1, 0.15) is 12.0 Å². The van der Waals surface area contributed by atoms with Gasteiger partial charge in [0.1, 0.15) is 21.4 Å². The second-order valence-corrected chi connectivity index (χ2v) is 6.47. The monoisotopic (exact) mass is 304 g/mol. The zero-order chi connectivity index (χ0) is 14.3. The van der Waals surface area contributed by atoms with Crippen molar-refractivity contribution in [3.63, 3.8) is 0 Å². The van der Waals surface area contributed by atoms with Crippen LogP contribution in [0.25, 0.3) is 0 Å². The Morgan fingerprint density at radius 3 is 2.74 bits per heavy atom. The lowest BCUT2D eigenvalue weighted by atomic mass is 10.2. The molecular formula is C13H14ClFO3S. The Kier molecular flexibility index (Phi) is 6.13. The van der Waals surface area contributed by atoms with E-state index in [-0.39, 0.29) is 18.2 Å². The molecule has 0 heterocycles. The van der Waals surface area contributed by atoms with Crippen molar-refractivity contribution in [3.8, 4) is 17.6 Å². The highest BCUT2D eigenvalue weighted by Crippen LogP contribution is 2.16. The highest BCUT2D eigenvalue weighted by Gasteiger charge is 2.03. The number of halogens is 2. The maximum absolute atomic E-state index is 13.3. The standard InChI is InChI=1S/C13H14ClFO3S/c1-19(16,17)7-3-6-18-13-9-11(4-2-5-14)8-12(15)10-13/h8-10H,3,5-7H2,1H3. The molecule has 0 aliphatic heterocycles. The van der Waals surface area contributed by atoms with Crippen LogP contribution in [0.15, 0.2) is 18.2 Å². The summed E-state index contributed by atoms with van der Waals surface area (Å²) >= 11 is 5.42. The first-order chi connectivity index (χ1) is 8.90. The number of alkyl halides is 1. The van der Waals surface area contributed by atoms with Crippen LogP contribution < -0.4 is 4.74 Å². The molecule has 0 atom stereocenters. The van der Waals surface area contributed by atoms with Crippen molar-refractivity contribution in [2.24, 2.45) is 0 Å². The molecule has 0 aliphatic rings. The zero-order valence-electron chi connectivity index (χ0n) is 10.4. The van der Waals surface area contributed by atoms with E-state index in [1.54, 1.807) is 6.07 Å². The highest BCUT2D eigenvalue weighted by molar-refractivity contribution is 7.90. The fourth-order valence-corrected chi connectivity index (χ4v) is 2.07. The minimum Gasteiger partial charge on any atom is -0.493 e. The van der Waals surface area contributed by atoms with E-state index in [0.29, 0.717) is 17.7 Å². The predicted molar refractivity (Wildman–Crippen MR) is 73.8 cm³/mol. The van der Waals surface area contributed by atoms with E-state index in [9.17, 15) is 12.8 Å². The van der Waals surface area contributed by atoms with Gasteiger partial charge in [-0.25, -0.2) is 12.8 Å². The van der Waals surface area contributed by atoms with E-state index in [4.69, 9.17) is 16.3 Å². The summed E-state index contributed by atoms with van der Waals surface area (Å²) < 4.78 is 40.4. The van der Waals surface area contributed by atoms with Crippen molar-refractivity contribution < 1.29 is 17.5 Å². The molecule has 19 heavy (non-hydrogen) atoms. The Labute approximate surface area is 117 Å². The van der Waals surface area contributed by atoms with Gasteiger partial charge < -0.3 is 4.74 Å².